The Kier molecular flexibility index (Phi) is 6.16. The van der Waals surface area contributed by atoms with Crippen LogP contribution in [0.1, 0.15) is 32.3 Å². The topological polar surface area (TPSA) is 87.2 Å². The second-order valence-corrected chi connectivity index (χ2v) is 6.60. The van der Waals surface area contributed by atoms with Crippen LogP contribution < -0.4 is 5.73 Å². The van der Waals surface area contributed by atoms with Crippen LogP contribution in [-0.4, -0.2) is 31.6 Å². The molecule has 6 heteroatoms. The van der Waals surface area contributed by atoms with Crippen molar-refractivity contribution >= 4 is 15.9 Å². The molecule has 1 aromatic carbocycles. The Morgan fingerprint density at radius 1 is 1.25 bits per heavy atom. The summed E-state index contributed by atoms with van der Waals surface area (Å²) in [5.41, 5.74) is 6.43. The molecule has 0 aliphatic carbocycles. The lowest BCUT2D eigenvalue weighted by molar-refractivity contribution is 0.436. The number of nitrogens with zero attached hydrogens (tertiary/aromatic N) is 1. The second-order valence-electron chi connectivity index (χ2n) is 4.67. The third-order valence-corrected chi connectivity index (χ3v) is 5.07. The van der Waals surface area contributed by atoms with Gasteiger partial charge in [0.2, 0.25) is 10.0 Å². The number of benzene rings is 1. The average Bonchev–Trinajstić information content (AvgIpc) is 2.40. The van der Waals surface area contributed by atoms with E-state index in [4.69, 9.17) is 11.1 Å². The lowest BCUT2D eigenvalue weighted by Gasteiger charge is -2.20. The zero-order chi connectivity index (χ0) is 15.2. The van der Waals surface area contributed by atoms with Crippen LogP contribution in [0.3, 0.4) is 0 Å². The molecule has 0 bridgehead atoms. The normalized spacial score (nSPS) is 11.8. The predicted octanol–water partition coefficient (Wildman–Crippen LogP) is 1.98. The van der Waals surface area contributed by atoms with Gasteiger partial charge < -0.3 is 5.73 Å². The maximum atomic E-state index is 12.5. The van der Waals surface area contributed by atoms with E-state index < -0.39 is 10.0 Å². The van der Waals surface area contributed by atoms with E-state index in [2.05, 4.69) is 6.92 Å². The van der Waals surface area contributed by atoms with Crippen LogP contribution in [0, 0.1) is 5.41 Å². The first-order chi connectivity index (χ1) is 9.41. The number of rotatable bonds is 8. The highest BCUT2D eigenvalue weighted by molar-refractivity contribution is 7.89. The molecule has 0 saturated heterocycles. The summed E-state index contributed by atoms with van der Waals surface area (Å²) in [5, 5.41) is 7.20. The van der Waals surface area contributed by atoms with Gasteiger partial charge in [-0.1, -0.05) is 32.4 Å². The summed E-state index contributed by atoms with van der Waals surface area (Å²) in [7, 11) is -3.50. The van der Waals surface area contributed by atoms with Crippen molar-refractivity contribution in [1.82, 2.24) is 4.31 Å². The van der Waals surface area contributed by atoms with Gasteiger partial charge in [0.15, 0.2) is 0 Å². The molecule has 0 aromatic heterocycles. The summed E-state index contributed by atoms with van der Waals surface area (Å²) < 4.78 is 26.3. The number of amidine groups is 1. The van der Waals surface area contributed by atoms with Crippen LogP contribution in [0.4, 0.5) is 0 Å². The monoisotopic (exact) mass is 297 g/mol. The molecule has 0 aliphatic heterocycles. The van der Waals surface area contributed by atoms with Crippen LogP contribution in [0.2, 0.25) is 0 Å². The summed E-state index contributed by atoms with van der Waals surface area (Å²) in [6, 6.07) is 7.01. The molecule has 0 atom stereocenters. The minimum absolute atomic E-state index is 0.00283. The van der Waals surface area contributed by atoms with Gasteiger partial charge in [-0.05, 0) is 24.1 Å². The highest BCUT2D eigenvalue weighted by Gasteiger charge is 2.22. The van der Waals surface area contributed by atoms with Gasteiger partial charge in [-0.2, -0.15) is 4.31 Å². The second kappa shape index (κ2) is 7.40. The summed E-state index contributed by atoms with van der Waals surface area (Å²) in [4.78, 5) is 0.294. The molecule has 0 fully saturated rings. The minimum Gasteiger partial charge on any atom is -0.388 e. The van der Waals surface area contributed by atoms with E-state index in [1.54, 1.807) is 19.1 Å². The molecule has 0 heterocycles. The number of hydrogen-bond acceptors (Lipinski definition) is 3. The fourth-order valence-corrected chi connectivity index (χ4v) is 3.41. The molecule has 20 heavy (non-hydrogen) atoms. The highest BCUT2D eigenvalue weighted by atomic mass is 32.2. The third-order valence-electron chi connectivity index (χ3n) is 3.08. The number of aryl methyl sites for hydroxylation is 1. The quantitative estimate of drug-likeness (QED) is 0.568. The fraction of sp³-hybridized carbons (Fsp3) is 0.500. The molecule has 0 radical (unpaired) electrons. The van der Waals surface area contributed by atoms with E-state index >= 15 is 0 Å². The molecule has 1 aromatic rings. The van der Waals surface area contributed by atoms with Crippen molar-refractivity contribution in [2.24, 2.45) is 5.73 Å². The molecular formula is C14H23N3O2S. The van der Waals surface area contributed by atoms with Crippen molar-refractivity contribution in [3.8, 4) is 0 Å². The Bertz CT molecular complexity index is 538. The fourth-order valence-electron chi connectivity index (χ4n) is 1.96. The smallest absolute Gasteiger partial charge is 0.243 e. The van der Waals surface area contributed by atoms with Crippen LogP contribution in [-0.2, 0) is 16.4 Å². The van der Waals surface area contributed by atoms with Gasteiger partial charge >= 0.3 is 0 Å². The molecule has 0 amide bonds. The summed E-state index contributed by atoms with van der Waals surface area (Å²) in [5.74, 6) is -0.00283. The van der Waals surface area contributed by atoms with Crippen molar-refractivity contribution in [1.29, 1.82) is 5.41 Å². The molecule has 1 rings (SSSR count). The summed E-state index contributed by atoms with van der Waals surface area (Å²) >= 11 is 0. The van der Waals surface area contributed by atoms with Gasteiger partial charge in [0.1, 0.15) is 0 Å². The Hall–Kier alpha value is -1.40. The lowest BCUT2D eigenvalue weighted by Crippen LogP contribution is -2.33. The van der Waals surface area contributed by atoms with E-state index in [1.807, 2.05) is 12.1 Å². The lowest BCUT2D eigenvalue weighted by atomic mass is 10.1. The Morgan fingerprint density at radius 3 is 2.30 bits per heavy atom. The largest absolute Gasteiger partial charge is 0.388 e. The van der Waals surface area contributed by atoms with Gasteiger partial charge in [-0.15, -0.1) is 0 Å². The van der Waals surface area contributed by atoms with E-state index in [1.165, 1.54) is 4.31 Å². The van der Waals surface area contributed by atoms with E-state index in [0.29, 0.717) is 11.4 Å². The maximum absolute atomic E-state index is 12.5. The van der Waals surface area contributed by atoms with Gasteiger partial charge in [0.25, 0.3) is 0 Å². The molecule has 112 valence electrons. The zero-order valence-electron chi connectivity index (χ0n) is 12.1. The zero-order valence-corrected chi connectivity index (χ0v) is 12.9. The molecular weight excluding hydrogens is 274 g/mol. The highest BCUT2D eigenvalue weighted by Crippen LogP contribution is 2.17. The molecule has 5 nitrogen and oxygen atoms in total. The van der Waals surface area contributed by atoms with E-state index in [-0.39, 0.29) is 18.8 Å². The Labute approximate surface area is 121 Å². The predicted molar refractivity (Wildman–Crippen MR) is 81.4 cm³/mol. The van der Waals surface area contributed by atoms with Gasteiger partial charge in [0, 0.05) is 19.5 Å². The van der Waals surface area contributed by atoms with Crippen LogP contribution in [0.25, 0.3) is 0 Å². The van der Waals surface area contributed by atoms with Gasteiger partial charge in [-0.25, -0.2) is 8.42 Å². The van der Waals surface area contributed by atoms with Crippen LogP contribution in [0.15, 0.2) is 29.2 Å². The van der Waals surface area contributed by atoms with Crippen molar-refractivity contribution in [2.45, 2.75) is 38.0 Å². The van der Waals surface area contributed by atoms with Gasteiger partial charge in [-0.3, -0.25) is 5.41 Å². The first kappa shape index (κ1) is 16.7. The summed E-state index contributed by atoms with van der Waals surface area (Å²) in [6.45, 7) is 4.48. The molecule has 0 aliphatic rings. The van der Waals surface area contributed by atoms with Gasteiger partial charge in [0.05, 0.1) is 10.7 Å². The van der Waals surface area contributed by atoms with Crippen LogP contribution in [0.5, 0.6) is 0 Å². The average molecular weight is 297 g/mol. The van der Waals surface area contributed by atoms with Crippen molar-refractivity contribution in [3.05, 3.63) is 29.8 Å². The molecule has 3 N–H and O–H groups in total. The minimum atomic E-state index is -3.50. The number of sulfonamides is 1. The molecule has 0 spiro atoms. The maximum Gasteiger partial charge on any atom is 0.243 e. The first-order valence-corrected chi connectivity index (χ1v) is 8.27. The standard InChI is InChI=1S/C14H23N3O2S/c1-3-5-12-6-8-13(9-7-12)20(18,19)17(4-2)11-10-14(15)16/h6-9H,3-5,10-11H2,1-2H3,(H3,15,16). The third kappa shape index (κ3) is 4.31. The molecule has 0 saturated carbocycles. The number of hydrogen-bond donors (Lipinski definition) is 2. The number of nitrogens with one attached hydrogen (secondary N) is 1. The van der Waals surface area contributed by atoms with Crippen molar-refractivity contribution in [2.75, 3.05) is 13.1 Å². The number of nitrogens with two attached hydrogens (primary N) is 1. The summed E-state index contributed by atoms with van der Waals surface area (Å²) in [6.07, 6.45) is 2.23. The van der Waals surface area contributed by atoms with Crippen molar-refractivity contribution < 1.29 is 8.42 Å². The molecule has 0 unspecified atom stereocenters. The SMILES string of the molecule is CCCc1ccc(S(=O)(=O)N(CC)CCC(=N)N)cc1. The Morgan fingerprint density at radius 2 is 1.85 bits per heavy atom. The van der Waals surface area contributed by atoms with Crippen LogP contribution >= 0.6 is 0 Å². The van der Waals surface area contributed by atoms with Crippen molar-refractivity contribution in [3.63, 3.8) is 0 Å². The Balaban J connectivity index is 2.92. The van der Waals surface area contributed by atoms with E-state index in [0.717, 1.165) is 18.4 Å². The first-order valence-electron chi connectivity index (χ1n) is 6.83. The van der Waals surface area contributed by atoms with E-state index in [9.17, 15) is 8.42 Å².